The third kappa shape index (κ3) is 8.42. The normalized spacial score (nSPS) is 12.2. The highest BCUT2D eigenvalue weighted by Gasteiger charge is 2.18. The number of hydrogen-bond acceptors (Lipinski definition) is 3. The Morgan fingerprint density at radius 3 is 2.32 bits per heavy atom. The molecule has 6 nitrogen and oxygen atoms in total. The van der Waals surface area contributed by atoms with Gasteiger partial charge < -0.3 is 20.6 Å². The fourth-order valence-corrected chi connectivity index (χ4v) is 1.83. The van der Waals surface area contributed by atoms with Gasteiger partial charge in [-0.05, 0) is 25.9 Å². The summed E-state index contributed by atoms with van der Waals surface area (Å²) in [6, 6.07) is -1.21. The number of carboxylic acids is 1. The summed E-state index contributed by atoms with van der Waals surface area (Å²) in [7, 11) is 0. The van der Waals surface area contributed by atoms with Gasteiger partial charge in [-0.1, -0.05) is 27.2 Å². The molecule has 19 heavy (non-hydrogen) atoms. The number of likely N-dealkylation sites (N-methyl/N-ethyl adjacent to an activating group) is 1. The monoisotopic (exact) mass is 273 g/mol. The van der Waals surface area contributed by atoms with E-state index in [4.69, 9.17) is 5.11 Å². The third-order valence-electron chi connectivity index (χ3n) is 2.88. The van der Waals surface area contributed by atoms with E-state index in [1.165, 1.54) is 0 Å². The van der Waals surface area contributed by atoms with Gasteiger partial charge in [0.1, 0.15) is 6.04 Å². The summed E-state index contributed by atoms with van der Waals surface area (Å²) in [6.07, 6.45) is 2.24. The van der Waals surface area contributed by atoms with Gasteiger partial charge in [0.25, 0.3) is 0 Å². The Morgan fingerprint density at radius 1 is 1.16 bits per heavy atom. The van der Waals surface area contributed by atoms with Crippen LogP contribution in [0.4, 0.5) is 4.79 Å². The second-order valence-corrected chi connectivity index (χ2v) is 4.51. The second kappa shape index (κ2) is 10.6. The summed E-state index contributed by atoms with van der Waals surface area (Å²) >= 11 is 0. The van der Waals surface area contributed by atoms with E-state index in [0.717, 1.165) is 32.5 Å². The lowest BCUT2D eigenvalue weighted by atomic mass is 10.2. The van der Waals surface area contributed by atoms with Gasteiger partial charge >= 0.3 is 12.0 Å². The Balaban J connectivity index is 3.93. The van der Waals surface area contributed by atoms with Crippen LogP contribution < -0.4 is 10.6 Å². The first-order chi connectivity index (χ1) is 9.04. The molecule has 0 aromatic rings. The maximum atomic E-state index is 11.6. The van der Waals surface area contributed by atoms with Gasteiger partial charge in [0.15, 0.2) is 0 Å². The molecular formula is C13H27N3O3. The molecule has 0 saturated heterocycles. The Morgan fingerprint density at radius 2 is 1.84 bits per heavy atom. The van der Waals surface area contributed by atoms with Crippen LogP contribution in [0.1, 0.15) is 40.0 Å². The van der Waals surface area contributed by atoms with Crippen molar-refractivity contribution in [3.63, 3.8) is 0 Å². The number of amides is 2. The van der Waals surface area contributed by atoms with Crippen LogP contribution >= 0.6 is 0 Å². The molecule has 1 atom stereocenters. The molecule has 0 aliphatic rings. The molecule has 0 unspecified atom stereocenters. The first-order valence-electron chi connectivity index (χ1n) is 7.04. The molecule has 0 fully saturated rings. The van der Waals surface area contributed by atoms with Crippen molar-refractivity contribution in [2.24, 2.45) is 0 Å². The number of urea groups is 1. The maximum absolute atomic E-state index is 11.6. The number of carboxylic acid groups (broad SMARTS) is 1. The van der Waals surface area contributed by atoms with Crippen molar-refractivity contribution in [3.05, 3.63) is 0 Å². The highest BCUT2D eigenvalue weighted by molar-refractivity contribution is 5.82. The van der Waals surface area contributed by atoms with Gasteiger partial charge in [0, 0.05) is 13.1 Å². The number of carbonyl (C=O) groups is 2. The van der Waals surface area contributed by atoms with Crippen molar-refractivity contribution in [3.8, 4) is 0 Å². The van der Waals surface area contributed by atoms with Gasteiger partial charge in [0.05, 0.1) is 0 Å². The minimum atomic E-state index is -0.988. The summed E-state index contributed by atoms with van der Waals surface area (Å²) in [4.78, 5) is 24.7. The summed E-state index contributed by atoms with van der Waals surface area (Å²) in [5.74, 6) is -0.988. The molecular weight excluding hydrogens is 246 g/mol. The molecule has 0 radical (unpaired) electrons. The van der Waals surface area contributed by atoms with Crippen LogP contribution in [0, 0.1) is 0 Å². The molecule has 0 aromatic heterocycles. The summed E-state index contributed by atoms with van der Waals surface area (Å²) < 4.78 is 0. The van der Waals surface area contributed by atoms with Gasteiger partial charge in [-0.25, -0.2) is 9.59 Å². The lowest BCUT2D eigenvalue weighted by Crippen LogP contribution is -2.47. The Labute approximate surface area is 115 Å². The lowest BCUT2D eigenvalue weighted by molar-refractivity contribution is -0.139. The van der Waals surface area contributed by atoms with Crippen molar-refractivity contribution >= 4 is 12.0 Å². The molecule has 0 heterocycles. The lowest BCUT2D eigenvalue weighted by Gasteiger charge is -2.20. The zero-order valence-corrected chi connectivity index (χ0v) is 12.2. The van der Waals surface area contributed by atoms with E-state index >= 15 is 0 Å². The van der Waals surface area contributed by atoms with E-state index in [1.54, 1.807) is 0 Å². The van der Waals surface area contributed by atoms with Gasteiger partial charge in [0.2, 0.25) is 0 Å². The Kier molecular flexibility index (Phi) is 9.88. The summed E-state index contributed by atoms with van der Waals surface area (Å²) in [5.41, 5.74) is 0. The molecule has 2 amide bonds. The Bertz CT molecular complexity index is 272. The van der Waals surface area contributed by atoms with Crippen molar-refractivity contribution in [1.29, 1.82) is 0 Å². The van der Waals surface area contributed by atoms with Gasteiger partial charge in [-0.15, -0.1) is 0 Å². The van der Waals surface area contributed by atoms with Crippen LogP contribution in [-0.4, -0.2) is 54.2 Å². The summed E-state index contributed by atoms with van der Waals surface area (Å²) in [6.45, 7) is 9.35. The second-order valence-electron chi connectivity index (χ2n) is 4.51. The van der Waals surface area contributed by atoms with Crippen molar-refractivity contribution < 1.29 is 14.7 Å². The van der Waals surface area contributed by atoms with Crippen LogP contribution in [0.5, 0.6) is 0 Å². The number of nitrogens with zero attached hydrogens (tertiary/aromatic N) is 1. The highest BCUT2D eigenvalue weighted by Crippen LogP contribution is 1.96. The minimum absolute atomic E-state index is 0.409. The van der Waals surface area contributed by atoms with Crippen LogP contribution in [-0.2, 0) is 4.79 Å². The largest absolute Gasteiger partial charge is 0.480 e. The maximum Gasteiger partial charge on any atom is 0.326 e. The molecule has 0 aromatic carbocycles. The number of nitrogens with one attached hydrogen (secondary N) is 2. The smallest absolute Gasteiger partial charge is 0.326 e. The molecule has 0 bridgehead atoms. The molecule has 112 valence electrons. The fourth-order valence-electron chi connectivity index (χ4n) is 1.83. The van der Waals surface area contributed by atoms with Gasteiger partial charge in [-0.3, -0.25) is 0 Å². The predicted molar refractivity (Wildman–Crippen MR) is 75.3 cm³/mol. The topological polar surface area (TPSA) is 81.7 Å². The molecule has 3 N–H and O–H groups in total. The molecule has 0 rings (SSSR count). The quantitative estimate of drug-likeness (QED) is 0.560. The van der Waals surface area contributed by atoms with E-state index in [1.807, 2.05) is 6.92 Å². The van der Waals surface area contributed by atoms with E-state index < -0.39 is 18.0 Å². The number of rotatable bonds is 10. The van der Waals surface area contributed by atoms with E-state index in [9.17, 15) is 9.59 Å². The van der Waals surface area contributed by atoms with E-state index in [-0.39, 0.29) is 0 Å². The number of carbonyl (C=O) groups excluding carboxylic acids is 1. The average molecular weight is 273 g/mol. The third-order valence-corrected chi connectivity index (χ3v) is 2.88. The SMILES string of the molecule is CCC[C@@H](NC(=O)NCCN(CC)CCC)C(=O)O. The van der Waals surface area contributed by atoms with Crippen molar-refractivity contribution in [2.75, 3.05) is 26.2 Å². The van der Waals surface area contributed by atoms with Crippen LogP contribution in [0.2, 0.25) is 0 Å². The van der Waals surface area contributed by atoms with E-state index in [0.29, 0.717) is 13.0 Å². The standard InChI is InChI=1S/C13H27N3O3/c1-4-7-11(12(17)18)15-13(19)14-8-10-16(6-3)9-5-2/h11H,4-10H2,1-3H3,(H,17,18)(H2,14,15,19)/t11-/m1/s1. The molecule has 0 aliphatic carbocycles. The molecule has 0 saturated carbocycles. The predicted octanol–water partition coefficient (Wildman–Crippen LogP) is 1.27. The highest BCUT2D eigenvalue weighted by atomic mass is 16.4. The van der Waals surface area contributed by atoms with Crippen LogP contribution in [0.25, 0.3) is 0 Å². The average Bonchev–Trinajstić information content (AvgIpc) is 2.37. The number of aliphatic carboxylic acids is 1. The molecule has 0 aliphatic heterocycles. The fraction of sp³-hybridized carbons (Fsp3) is 0.846. The molecule has 6 heteroatoms. The molecule has 0 spiro atoms. The zero-order valence-electron chi connectivity index (χ0n) is 12.2. The zero-order chi connectivity index (χ0) is 14.7. The van der Waals surface area contributed by atoms with Crippen molar-refractivity contribution in [1.82, 2.24) is 15.5 Å². The first kappa shape index (κ1) is 17.7. The van der Waals surface area contributed by atoms with Crippen LogP contribution in [0.15, 0.2) is 0 Å². The minimum Gasteiger partial charge on any atom is -0.480 e. The number of hydrogen-bond donors (Lipinski definition) is 3. The Hall–Kier alpha value is -1.30. The van der Waals surface area contributed by atoms with Gasteiger partial charge in [-0.2, -0.15) is 0 Å². The summed E-state index contributed by atoms with van der Waals surface area (Å²) in [5, 5.41) is 14.1. The first-order valence-corrected chi connectivity index (χ1v) is 7.04. The van der Waals surface area contributed by atoms with E-state index in [2.05, 4.69) is 29.4 Å². The van der Waals surface area contributed by atoms with Crippen molar-refractivity contribution in [2.45, 2.75) is 46.1 Å². The van der Waals surface area contributed by atoms with Crippen LogP contribution in [0.3, 0.4) is 0 Å².